The maximum absolute atomic E-state index is 12.3. The van der Waals surface area contributed by atoms with Crippen LogP contribution in [0.2, 0.25) is 0 Å². The largest absolute Gasteiger partial charge is 0.388 e. The average molecular weight is 416 g/mol. The summed E-state index contributed by atoms with van der Waals surface area (Å²) in [5, 5.41) is 15.4. The van der Waals surface area contributed by atoms with E-state index in [1.807, 2.05) is 42.5 Å². The molecule has 0 radical (unpaired) electrons. The molecule has 6 heteroatoms. The Morgan fingerprint density at radius 3 is 2.29 bits per heavy atom. The molecule has 3 amide bonds. The predicted molar refractivity (Wildman–Crippen MR) is 118 cm³/mol. The van der Waals surface area contributed by atoms with Crippen LogP contribution < -0.4 is 5.32 Å². The molecule has 0 saturated heterocycles. The second-order valence-electron chi connectivity index (χ2n) is 7.63. The minimum atomic E-state index is -0.676. The zero-order valence-electron chi connectivity index (χ0n) is 17.1. The van der Waals surface area contributed by atoms with E-state index in [2.05, 4.69) is 5.32 Å². The molecule has 1 atom stereocenters. The highest BCUT2D eigenvalue weighted by atomic mass is 16.3. The highest BCUT2D eigenvalue weighted by molar-refractivity contribution is 6.21. The van der Waals surface area contributed by atoms with Crippen molar-refractivity contribution in [2.24, 2.45) is 0 Å². The van der Waals surface area contributed by atoms with E-state index in [1.165, 1.54) is 4.90 Å². The summed E-state index contributed by atoms with van der Waals surface area (Å²) in [6.07, 6.45) is 0.323. The zero-order valence-corrected chi connectivity index (χ0v) is 17.1. The Labute approximate surface area is 180 Å². The third-order valence-electron chi connectivity index (χ3n) is 5.59. The van der Waals surface area contributed by atoms with Gasteiger partial charge in [-0.2, -0.15) is 0 Å². The molecule has 0 aliphatic carbocycles. The summed E-state index contributed by atoms with van der Waals surface area (Å²) in [6, 6.07) is 20.4. The van der Waals surface area contributed by atoms with Gasteiger partial charge in [0.15, 0.2) is 0 Å². The van der Waals surface area contributed by atoms with Crippen molar-refractivity contribution in [3.05, 3.63) is 83.4 Å². The lowest BCUT2D eigenvalue weighted by Gasteiger charge is -2.15. The van der Waals surface area contributed by atoms with Crippen LogP contribution in [0.4, 0.5) is 0 Å². The van der Waals surface area contributed by atoms with Gasteiger partial charge in [0.2, 0.25) is 5.91 Å². The summed E-state index contributed by atoms with van der Waals surface area (Å²) >= 11 is 0. The highest BCUT2D eigenvalue weighted by Gasteiger charge is 2.34. The van der Waals surface area contributed by atoms with Gasteiger partial charge in [0, 0.05) is 19.5 Å². The van der Waals surface area contributed by atoms with Gasteiger partial charge in [-0.1, -0.05) is 54.6 Å². The summed E-state index contributed by atoms with van der Waals surface area (Å²) in [6.45, 7) is 0.550. The molecule has 2 N–H and O–H groups in total. The van der Waals surface area contributed by atoms with E-state index in [0.29, 0.717) is 30.5 Å². The Bertz CT molecular complexity index is 1100. The van der Waals surface area contributed by atoms with E-state index in [4.69, 9.17) is 0 Å². The molecule has 4 rings (SSSR count). The van der Waals surface area contributed by atoms with E-state index >= 15 is 0 Å². The van der Waals surface area contributed by atoms with Gasteiger partial charge in [-0.05, 0) is 41.3 Å². The molecule has 0 fully saturated rings. The van der Waals surface area contributed by atoms with Gasteiger partial charge < -0.3 is 10.4 Å². The third kappa shape index (κ3) is 4.34. The van der Waals surface area contributed by atoms with E-state index in [9.17, 15) is 19.5 Å². The van der Waals surface area contributed by atoms with E-state index in [-0.39, 0.29) is 30.7 Å². The molecule has 1 aliphatic rings. The molecule has 0 bridgehead atoms. The first-order valence-corrected chi connectivity index (χ1v) is 10.4. The van der Waals surface area contributed by atoms with Crippen molar-refractivity contribution in [3.63, 3.8) is 0 Å². The van der Waals surface area contributed by atoms with Crippen LogP contribution in [0.25, 0.3) is 10.8 Å². The molecule has 158 valence electrons. The van der Waals surface area contributed by atoms with Crippen LogP contribution in [0.3, 0.4) is 0 Å². The maximum Gasteiger partial charge on any atom is 0.261 e. The predicted octanol–water partition coefficient (Wildman–Crippen LogP) is 3.46. The number of aliphatic hydroxyl groups is 1. The number of benzene rings is 3. The number of amides is 3. The number of carbonyl (C=O) groups is 3. The van der Waals surface area contributed by atoms with E-state index in [1.54, 1.807) is 24.3 Å². The van der Waals surface area contributed by atoms with E-state index in [0.717, 1.165) is 16.3 Å². The Kier molecular flexibility index (Phi) is 6.09. The van der Waals surface area contributed by atoms with Crippen LogP contribution in [-0.4, -0.2) is 40.8 Å². The van der Waals surface area contributed by atoms with Crippen LogP contribution in [0, 0.1) is 0 Å². The quantitative estimate of drug-likeness (QED) is 0.551. The van der Waals surface area contributed by atoms with Crippen molar-refractivity contribution in [1.82, 2.24) is 10.2 Å². The van der Waals surface area contributed by atoms with Crippen LogP contribution in [0.5, 0.6) is 0 Å². The number of hydrogen-bond acceptors (Lipinski definition) is 4. The first-order valence-electron chi connectivity index (χ1n) is 10.4. The number of nitrogens with one attached hydrogen (secondary N) is 1. The van der Waals surface area contributed by atoms with Crippen molar-refractivity contribution >= 4 is 28.5 Å². The standard InChI is InChI=1S/C25H24N2O4/c28-22(19-12-5-8-17-7-1-2-9-18(17)19)14-15-26-23(29)13-6-16-27-24(30)20-10-3-4-11-21(20)25(27)31/h1-5,7-12,22,28H,6,13-16H2,(H,26,29). The fourth-order valence-electron chi connectivity index (χ4n) is 3.97. The molecule has 3 aromatic rings. The highest BCUT2D eigenvalue weighted by Crippen LogP contribution is 2.26. The fraction of sp³-hybridized carbons (Fsp3) is 0.240. The number of imide groups is 1. The van der Waals surface area contributed by atoms with Gasteiger partial charge in [0.1, 0.15) is 0 Å². The fourth-order valence-corrected chi connectivity index (χ4v) is 3.97. The number of hydrogen-bond donors (Lipinski definition) is 2. The second-order valence-corrected chi connectivity index (χ2v) is 7.63. The normalized spacial score (nSPS) is 14.0. The van der Waals surface area contributed by atoms with Crippen LogP contribution in [0.15, 0.2) is 66.7 Å². The third-order valence-corrected chi connectivity index (χ3v) is 5.59. The average Bonchev–Trinajstić information content (AvgIpc) is 3.03. The summed E-state index contributed by atoms with van der Waals surface area (Å²) in [5.41, 5.74) is 1.68. The molecular weight excluding hydrogens is 392 g/mol. The van der Waals surface area contributed by atoms with Gasteiger partial charge in [-0.15, -0.1) is 0 Å². The second kappa shape index (κ2) is 9.10. The zero-order chi connectivity index (χ0) is 21.8. The van der Waals surface area contributed by atoms with Gasteiger partial charge in [-0.3, -0.25) is 19.3 Å². The molecular formula is C25H24N2O4. The van der Waals surface area contributed by atoms with Crippen molar-refractivity contribution in [2.45, 2.75) is 25.4 Å². The van der Waals surface area contributed by atoms with Crippen LogP contribution in [-0.2, 0) is 4.79 Å². The molecule has 1 unspecified atom stereocenters. The number of rotatable bonds is 8. The maximum atomic E-state index is 12.3. The van der Waals surface area contributed by atoms with Crippen molar-refractivity contribution < 1.29 is 19.5 Å². The number of aliphatic hydroxyl groups excluding tert-OH is 1. The molecule has 0 aromatic heterocycles. The SMILES string of the molecule is O=C(CCCN1C(=O)c2ccccc2C1=O)NCCC(O)c1cccc2ccccc12. The van der Waals surface area contributed by atoms with Crippen LogP contribution in [0.1, 0.15) is 51.6 Å². The number of carbonyl (C=O) groups excluding carboxylic acids is 3. The summed E-state index contributed by atoms with van der Waals surface area (Å²) in [5.74, 6) is -0.778. The van der Waals surface area contributed by atoms with Crippen molar-refractivity contribution in [1.29, 1.82) is 0 Å². The van der Waals surface area contributed by atoms with Crippen molar-refractivity contribution in [2.75, 3.05) is 13.1 Å². The molecule has 0 saturated carbocycles. The topological polar surface area (TPSA) is 86.7 Å². The van der Waals surface area contributed by atoms with Crippen molar-refractivity contribution in [3.8, 4) is 0 Å². The molecule has 0 spiro atoms. The molecule has 3 aromatic carbocycles. The Morgan fingerprint density at radius 1 is 0.903 bits per heavy atom. The first kappa shape index (κ1) is 20.8. The molecule has 31 heavy (non-hydrogen) atoms. The lowest BCUT2D eigenvalue weighted by Crippen LogP contribution is -2.32. The summed E-state index contributed by atoms with van der Waals surface area (Å²) in [7, 11) is 0. The molecule has 1 heterocycles. The van der Waals surface area contributed by atoms with Gasteiger partial charge in [0.05, 0.1) is 17.2 Å². The lowest BCUT2D eigenvalue weighted by atomic mass is 9.99. The smallest absolute Gasteiger partial charge is 0.261 e. The van der Waals surface area contributed by atoms with Gasteiger partial charge >= 0.3 is 0 Å². The minimum absolute atomic E-state index is 0.165. The first-order chi connectivity index (χ1) is 15.1. The Hall–Kier alpha value is -3.51. The van der Waals surface area contributed by atoms with Gasteiger partial charge in [-0.25, -0.2) is 0 Å². The minimum Gasteiger partial charge on any atom is -0.388 e. The van der Waals surface area contributed by atoms with Gasteiger partial charge in [0.25, 0.3) is 11.8 Å². The lowest BCUT2D eigenvalue weighted by molar-refractivity contribution is -0.121. The number of fused-ring (bicyclic) bond motifs is 2. The monoisotopic (exact) mass is 416 g/mol. The summed E-state index contributed by atoms with van der Waals surface area (Å²) < 4.78 is 0. The molecule has 1 aliphatic heterocycles. The van der Waals surface area contributed by atoms with Crippen LogP contribution >= 0.6 is 0 Å². The Morgan fingerprint density at radius 2 is 1.55 bits per heavy atom. The number of nitrogens with zero attached hydrogens (tertiary/aromatic N) is 1. The Balaban J connectivity index is 1.22. The molecule has 6 nitrogen and oxygen atoms in total. The summed E-state index contributed by atoms with van der Waals surface area (Å²) in [4.78, 5) is 38.0. The van der Waals surface area contributed by atoms with E-state index < -0.39 is 6.10 Å².